The highest BCUT2D eigenvalue weighted by Gasteiger charge is 2.41. The zero-order valence-electron chi connectivity index (χ0n) is 11.7. The molecule has 0 spiro atoms. The van der Waals surface area contributed by atoms with Gasteiger partial charge in [0.1, 0.15) is 0 Å². The molecule has 116 valence electrons. The molecule has 0 radical (unpaired) electrons. The molecule has 0 heterocycles. The van der Waals surface area contributed by atoms with Gasteiger partial charge in [-0.15, -0.1) is 0 Å². The van der Waals surface area contributed by atoms with E-state index in [9.17, 15) is 17.2 Å². The van der Waals surface area contributed by atoms with Gasteiger partial charge in [-0.1, -0.05) is 15.9 Å². The zero-order chi connectivity index (χ0) is 16.6. The summed E-state index contributed by atoms with van der Waals surface area (Å²) in [5, 5.41) is 8.93. The van der Waals surface area contributed by atoms with E-state index >= 15 is 0 Å². The topological polar surface area (TPSA) is 84.0 Å². The van der Waals surface area contributed by atoms with Crippen LogP contribution in [0.25, 0.3) is 0 Å². The molecule has 1 aromatic rings. The third kappa shape index (κ3) is 3.59. The van der Waals surface area contributed by atoms with E-state index < -0.39 is 37.5 Å². The molecule has 4 nitrogen and oxygen atoms in total. The Morgan fingerprint density at radius 3 is 2.33 bits per heavy atom. The van der Waals surface area contributed by atoms with Crippen molar-refractivity contribution in [2.45, 2.75) is 31.1 Å². The molecule has 8 heteroatoms. The van der Waals surface area contributed by atoms with Gasteiger partial charge < -0.3 is 5.73 Å². The minimum absolute atomic E-state index is 0.241. The second-order valence-electron chi connectivity index (χ2n) is 5.55. The third-order valence-electron chi connectivity index (χ3n) is 3.14. The molecule has 0 aliphatic rings. The van der Waals surface area contributed by atoms with Crippen LogP contribution in [-0.4, -0.2) is 18.9 Å². The molecule has 1 atom stereocenters. The molecule has 0 saturated carbocycles. The Labute approximate surface area is 131 Å². The Kier molecular flexibility index (Phi) is 4.83. The summed E-state index contributed by atoms with van der Waals surface area (Å²) in [5.74, 6) is -3.02. The first-order valence-corrected chi connectivity index (χ1v) is 8.36. The van der Waals surface area contributed by atoms with Gasteiger partial charge in [-0.2, -0.15) is 5.26 Å². The molecule has 0 saturated heterocycles. The minimum Gasteiger partial charge on any atom is -0.321 e. The van der Waals surface area contributed by atoms with Gasteiger partial charge in [0.25, 0.3) is 0 Å². The number of halogens is 3. The van der Waals surface area contributed by atoms with E-state index in [-0.39, 0.29) is 10.0 Å². The fraction of sp³-hybridized carbons (Fsp3) is 0.462. The maximum Gasteiger partial charge on any atom is 0.170 e. The van der Waals surface area contributed by atoms with E-state index in [0.29, 0.717) is 0 Å². The van der Waals surface area contributed by atoms with Crippen molar-refractivity contribution in [2.75, 3.05) is 5.75 Å². The molecule has 0 aliphatic carbocycles. The molecule has 1 aromatic carbocycles. The van der Waals surface area contributed by atoms with Gasteiger partial charge in [-0.3, -0.25) is 0 Å². The molecular formula is C13H15BrF2N2O2S. The number of nitriles is 1. The van der Waals surface area contributed by atoms with E-state index in [1.807, 2.05) is 0 Å². The first-order valence-electron chi connectivity index (χ1n) is 5.91. The normalized spacial score (nSPS) is 15.3. The van der Waals surface area contributed by atoms with Gasteiger partial charge in [0, 0.05) is 10.0 Å². The predicted molar refractivity (Wildman–Crippen MR) is 79.1 cm³/mol. The number of nitrogens with two attached hydrogens (primary N) is 1. The summed E-state index contributed by atoms with van der Waals surface area (Å²) < 4.78 is 50.4. The van der Waals surface area contributed by atoms with E-state index in [1.165, 1.54) is 26.8 Å². The van der Waals surface area contributed by atoms with Crippen molar-refractivity contribution < 1.29 is 17.2 Å². The van der Waals surface area contributed by atoms with Crippen molar-refractivity contribution in [3.8, 4) is 6.07 Å². The van der Waals surface area contributed by atoms with Gasteiger partial charge in [0.2, 0.25) is 0 Å². The largest absolute Gasteiger partial charge is 0.321 e. The SMILES string of the molecule is CC(N)(CS(=O)(=O)C(C)(C)C#N)c1cc(Br)cc(F)c1F. The Morgan fingerprint density at radius 1 is 1.33 bits per heavy atom. The van der Waals surface area contributed by atoms with Crippen molar-refractivity contribution in [1.29, 1.82) is 5.26 Å². The van der Waals surface area contributed by atoms with Crippen LogP contribution in [0.1, 0.15) is 26.3 Å². The van der Waals surface area contributed by atoms with Crippen LogP contribution < -0.4 is 5.73 Å². The molecule has 1 unspecified atom stereocenters. The standard InChI is InChI=1S/C13H15BrF2N2O2S/c1-12(2,6-17)21(19,20)7-13(3,18)9-4-8(14)5-10(15)11(9)16/h4-5H,7,18H2,1-3H3. The minimum atomic E-state index is -3.95. The van der Waals surface area contributed by atoms with Crippen LogP contribution in [0.4, 0.5) is 8.78 Å². The van der Waals surface area contributed by atoms with Crippen molar-refractivity contribution in [1.82, 2.24) is 0 Å². The van der Waals surface area contributed by atoms with Gasteiger partial charge in [-0.25, -0.2) is 17.2 Å². The number of hydrogen-bond acceptors (Lipinski definition) is 4. The molecule has 0 bridgehead atoms. The Balaban J connectivity index is 3.35. The van der Waals surface area contributed by atoms with E-state index in [1.54, 1.807) is 6.07 Å². The lowest BCUT2D eigenvalue weighted by molar-refractivity contribution is 0.450. The summed E-state index contributed by atoms with van der Waals surface area (Å²) in [6.07, 6.45) is 0. The van der Waals surface area contributed by atoms with Gasteiger partial charge >= 0.3 is 0 Å². The summed E-state index contributed by atoms with van der Waals surface area (Å²) in [4.78, 5) is 0. The predicted octanol–water partition coefficient (Wildman–Crippen LogP) is 2.62. The number of benzene rings is 1. The molecule has 1 rings (SSSR count). The van der Waals surface area contributed by atoms with Crippen LogP contribution in [0, 0.1) is 23.0 Å². The molecule has 21 heavy (non-hydrogen) atoms. The monoisotopic (exact) mass is 380 g/mol. The zero-order valence-corrected chi connectivity index (χ0v) is 14.1. The Morgan fingerprint density at radius 2 is 1.86 bits per heavy atom. The van der Waals surface area contributed by atoms with Crippen LogP contribution in [0.15, 0.2) is 16.6 Å². The van der Waals surface area contributed by atoms with Crippen molar-refractivity contribution in [3.63, 3.8) is 0 Å². The molecular weight excluding hydrogens is 366 g/mol. The fourth-order valence-electron chi connectivity index (χ4n) is 1.69. The highest BCUT2D eigenvalue weighted by molar-refractivity contribution is 9.10. The van der Waals surface area contributed by atoms with E-state index in [2.05, 4.69) is 15.9 Å². The molecule has 0 aromatic heterocycles. The summed E-state index contributed by atoms with van der Waals surface area (Å²) >= 11 is 3.01. The Hall–Kier alpha value is -1.04. The number of hydrogen-bond donors (Lipinski definition) is 1. The average molecular weight is 381 g/mol. The van der Waals surface area contributed by atoms with Crippen molar-refractivity contribution in [3.05, 3.63) is 33.8 Å². The summed E-state index contributed by atoms with van der Waals surface area (Å²) in [7, 11) is -3.95. The Bertz CT molecular complexity index is 710. The quantitative estimate of drug-likeness (QED) is 0.813. The number of rotatable bonds is 4. The van der Waals surface area contributed by atoms with Crippen LogP contribution in [0.3, 0.4) is 0 Å². The smallest absolute Gasteiger partial charge is 0.170 e. The second-order valence-corrected chi connectivity index (χ2v) is 9.00. The maximum atomic E-state index is 13.9. The number of sulfone groups is 1. The molecule has 0 fully saturated rings. The van der Waals surface area contributed by atoms with E-state index in [4.69, 9.17) is 11.0 Å². The van der Waals surface area contributed by atoms with Crippen LogP contribution >= 0.6 is 15.9 Å². The van der Waals surface area contributed by atoms with Gasteiger partial charge in [-0.05, 0) is 32.9 Å². The lowest BCUT2D eigenvalue weighted by Gasteiger charge is -2.29. The molecule has 0 amide bonds. The second kappa shape index (κ2) is 5.63. The van der Waals surface area contributed by atoms with Crippen molar-refractivity contribution >= 4 is 25.8 Å². The van der Waals surface area contributed by atoms with Crippen LogP contribution in [-0.2, 0) is 15.4 Å². The summed E-state index contributed by atoms with van der Waals surface area (Å²) in [5.41, 5.74) is 3.95. The molecule has 2 N–H and O–H groups in total. The first kappa shape index (κ1) is 18.0. The fourth-order valence-corrected chi connectivity index (χ4v) is 3.57. The summed E-state index contributed by atoms with van der Waals surface area (Å²) in [6.45, 7) is 3.74. The maximum absolute atomic E-state index is 13.9. The first-order chi connectivity index (χ1) is 9.34. The lowest BCUT2D eigenvalue weighted by Crippen LogP contribution is -2.46. The average Bonchev–Trinajstić information content (AvgIpc) is 2.32. The molecule has 0 aliphatic heterocycles. The van der Waals surface area contributed by atoms with Crippen LogP contribution in [0.5, 0.6) is 0 Å². The highest BCUT2D eigenvalue weighted by Crippen LogP contribution is 2.30. The van der Waals surface area contributed by atoms with Gasteiger partial charge in [0.15, 0.2) is 26.2 Å². The summed E-state index contributed by atoms with van der Waals surface area (Å²) in [6, 6.07) is 3.82. The number of nitrogens with zero attached hydrogens (tertiary/aromatic N) is 1. The van der Waals surface area contributed by atoms with Gasteiger partial charge in [0.05, 0.1) is 17.4 Å². The van der Waals surface area contributed by atoms with E-state index in [0.717, 1.165) is 6.07 Å². The third-order valence-corrected chi connectivity index (χ3v) is 6.23. The highest BCUT2D eigenvalue weighted by atomic mass is 79.9. The van der Waals surface area contributed by atoms with Crippen molar-refractivity contribution in [2.24, 2.45) is 5.73 Å². The van der Waals surface area contributed by atoms with Crippen LogP contribution in [0.2, 0.25) is 0 Å². The lowest BCUT2D eigenvalue weighted by atomic mass is 9.95.